The van der Waals surface area contributed by atoms with Crippen LogP contribution in [0.3, 0.4) is 0 Å². The number of nitrogens with zero attached hydrogens (tertiary/aromatic N) is 1. The minimum atomic E-state index is 1.05. The van der Waals surface area contributed by atoms with E-state index >= 15 is 0 Å². The Balaban J connectivity index is 2.83. The first-order valence-corrected chi connectivity index (χ1v) is 4.04. The van der Waals surface area contributed by atoms with Gasteiger partial charge >= 0.3 is 0 Å². The fraction of sp³-hybridized carbons (Fsp3) is 0.600. The SMILES string of the molecule is C=[N+]=CCCPC. The van der Waals surface area contributed by atoms with E-state index in [1.54, 1.807) is 0 Å². The van der Waals surface area contributed by atoms with Crippen molar-refractivity contribution in [1.29, 1.82) is 0 Å². The molecule has 0 saturated carbocycles. The summed E-state index contributed by atoms with van der Waals surface area (Å²) in [5, 5.41) is 0. The summed E-state index contributed by atoms with van der Waals surface area (Å²) in [6, 6.07) is 0. The molecule has 0 rings (SSSR count). The largest absolute Gasteiger partial charge is 0.268 e. The van der Waals surface area contributed by atoms with Crippen LogP contribution in [0, 0.1) is 0 Å². The van der Waals surface area contributed by atoms with E-state index in [-0.39, 0.29) is 0 Å². The van der Waals surface area contributed by atoms with Gasteiger partial charge in [0, 0.05) is 6.42 Å². The van der Waals surface area contributed by atoms with Crippen molar-refractivity contribution >= 4 is 21.5 Å². The minimum Gasteiger partial charge on any atom is -0.125 e. The van der Waals surface area contributed by atoms with Crippen molar-refractivity contribution in [2.75, 3.05) is 12.8 Å². The molecule has 0 fully saturated rings. The predicted molar refractivity (Wildman–Crippen MR) is 39.0 cm³/mol. The summed E-state index contributed by atoms with van der Waals surface area (Å²) < 4.78 is 3.60. The second kappa shape index (κ2) is 5.88. The highest BCUT2D eigenvalue weighted by Crippen LogP contribution is 2.00. The number of hydrogen-bond acceptors (Lipinski definition) is 0. The van der Waals surface area contributed by atoms with Crippen LogP contribution in [0.5, 0.6) is 0 Å². The lowest BCUT2D eigenvalue weighted by Gasteiger charge is -1.77. The molecular weight excluding hydrogens is 105 g/mol. The molecule has 0 heterocycles. The van der Waals surface area contributed by atoms with E-state index < -0.39 is 0 Å². The molecule has 0 aliphatic heterocycles. The van der Waals surface area contributed by atoms with E-state index in [1.807, 2.05) is 6.21 Å². The predicted octanol–water partition coefficient (Wildman–Crippen LogP) is 0.523. The Hall–Kier alpha value is -0.120. The molecule has 0 aromatic rings. The molecule has 1 unspecified atom stereocenters. The molecule has 1 atom stereocenters. The van der Waals surface area contributed by atoms with Crippen LogP contribution in [0.1, 0.15) is 6.42 Å². The molecule has 0 spiro atoms. The minimum absolute atomic E-state index is 1.05. The van der Waals surface area contributed by atoms with Crippen molar-refractivity contribution in [3.8, 4) is 0 Å². The lowest BCUT2D eigenvalue weighted by Crippen LogP contribution is -1.78. The highest BCUT2D eigenvalue weighted by atomic mass is 31.1. The zero-order chi connectivity index (χ0) is 5.54. The quantitative estimate of drug-likeness (QED) is 0.221. The molecule has 7 heavy (non-hydrogen) atoms. The summed E-state index contributed by atoms with van der Waals surface area (Å²) in [7, 11) is 1.05. The number of rotatable bonds is 3. The fourth-order valence-electron chi connectivity index (χ4n) is 0.300. The summed E-state index contributed by atoms with van der Waals surface area (Å²) in [5.41, 5.74) is 0. The van der Waals surface area contributed by atoms with Crippen LogP contribution in [0.4, 0.5) is 0 Å². The first-order chi connectivity index (χ1) is 3.41. The van der Waals surface area contributed by atoms with Crippen molar-refractivity contribution in [3.05, 3.63) is 0 Å². The Labute approximate surface area is 46.4 Å². The van der Waals surface area contributed by atoms with E-state index in [9.17, 15) is 0 Å². The average molecular weight is 116 g/mol. The van der Waals surface area contributed by atoms with Crippen molar-refractivity contribution in [1.82, 2.24) is 4.67 Å². The Morgan fingerprint density at radius 2 is 2.57 bits per heavy atom. The maximum Gasteiger partial charge on any atom is 0.268 e. The lowest BCUT2D eigenvalue weighted by molar-refractivity contribution is 1.34. The van der Waals surface area contributed by atoms with Gasteiger partial charge in [0.1, 0.15) is 0 Å². The van der Waals surface area contributed by atoms with E-state index in [2.05, 4.69) is 18.1 Å². The van der Waals surface area contributed by atoms with Gasteiger partial charge in [0.2, 0.25) is 0 Å². The Morgan fingerprint density at radius 3 is 3.00 bits per heavy atom. The molecule has 0 aliphatic carbocycles. The second-order valence-electron chi connectivity index (χ2n) is 1.26. The zero-order valence-electron chi connectivity index (χ0n) is 4.65. The summed E-state index contributed by atoms with van der Waals surface area (Å²) in [6.07, 6.45) is 4.22. The second-order valence-corrected chi connectivity index (χ2v) is 2.46. The van der Waals surface area contributed by atoms with Gasteiger partial charge in [-0.05, 0) is 12.8 Å². The molecule has 0 aromatic heterocycles. The molecular formula is C5H11NP+. The summed E-state index contributed by atoms with van der Waals surface area (Å²) >= 11 is 0. The smallest absolute Gasteiger partial charge is 0.125 e. The zero-order valence-corrected chi connectivity index (χ0v) is 5.65. The van der Waals surface area contributed by atoms with Gasteiger partial charge in [0.05, 0.1) is 0 Å². The van der Waals surface area contributed by atoms with Crippen molar-refractivity contribution < 1.29 is 0 Å². The Kier molecular flexibility index (Phi) is 5.78. The normalized spacial score (nSPS) is 9.29. The Bertz CT molecular complexity index is 74.1. The molecule has 0 N–H and O–H groups in total. The van der Waals surface area contributed by atoms with Gasteiger partial charge < -0.3 is 0 Å². The van der Waals surface area contributed by atoms with E-state index in [4.69, 9.17) is 0 Å². The van der Waals surface area contributed by atoms with Gasteiger partial charge in [-0.1, -0.05) is 0 Å². The maximum absolute atomic E-state index is 3.60. The first kappa shape index (κ1) is 6.88. The van der Waals surface area contributed by atoms with E-state index in [1.165, 1.54) is 6.16 Å². The molecule has 0 radical (unpaired) electrons. The molecule has 0 amide bonds. The van der Waals surface area contributed by atoms with Gasteiger partial charge in [0.25, 0.3) is 12.9 Å². The summed E-state index contributed by atoms with van der Waals surface area (Å²) in [4.78, 5) is 0. The molecule has 0 bridgehead atoms. The maximum atomic E-state index is 3.60. The van der Waals surface area contributed by atoms with Gasteiger partial charge in [-0.15, -0.1) is 13.2 Å². The van der Waals surface area contributed by atoms with Gasteiger partial charge in [0.15, 0.2) is 0 Å². The number of hydrogen-bond donors (Lipinski definition) is 0. The molecule has 2 heteroatoms. The third-order valence-electron chi connectivity index (χ3n) is 0.653. The van der Waals surface area contributed by atoms with Gasteiger partial charge in [-0.3, -0.25) is 0 Å². The summed E-state index contributed by atoms with van der Waals surface area (Å²) in [6.45, 7) is 5.52. The highest BCUT2D eigenvalue weighted by molar-refractivity contribution is 7.37. The van der Waals surface area contributed by atoms with Gasteiger partial charge in [-0.25, -0.2) is 0 Å². The lowest BCUT2D eigenvalue weighted by atomic mass is 10.5. The third-order valence-corrected chi connectivity index (χ3v) is 1.44. The van der Waals surface area contributed by atoms with E-state index in [0.29, 0.717) is 0 Å². The van der Waals surface area contributed by atoms with E-state index in [0.717, 1.165) is 15.0 Å². The molecule has 1 nitrogen and oxygen atoms in total. The topological polar surface area (TPSA) is 14.1 Å². The molecule has 0 saturated heterocycles. The van der Waals surface area contributed by atoms with Crippen LogP contribution >= 0.6 is 8.58 Å². The monoisotopic (exact) mass is 116 g/mol. The fourth-order valence-corrected chi connectivity index (χ4v) is 0.718. The van der Waals surface area contributed by atoms with Crippen molar-refractivity contribution in [2.24, 2.45) is 0 Å². The molecule has 0 aliphatic rings. The molecule has 0 aromatic carbocycles. The van der Waals surface area contributed by atoms with Crippen LogP contribution in [0.25, 0.3) is 0 Å². The average Bonchev–Trinajstić information content (AvgIpc) is 1.69. The van der Waals surface area contributed by atoms with Gasteiger partial charge in [-0.2, -0.15) is 0 Å². The first-order valence-electron chi connectivity index (χ1n) is 2.34. The van der Waals surface area contributed by atoms with Crippen LogP contribution < -0.4 is 4.67 Å². The summed E-state index contributed by atoms with van der Waals surface area (Å²) in [5.74, 6) is 0. The standard InChI is InChI=1S/C5H11NP/c1-6-4-3-5-7-2/h4,7H,1,3,5H2,2H3/q+1. The van der Waals surface area contributed by atoms with Crippen LogP contribution in [0.15, 0.2) is 0 Å². The van der Waals surface area contributed by atoms with Crippen LogP contribution in [0.2, 0.25) is 0 Å². The van der Waals surface area contributed by atoms with Crippen molar-refractivity contribution in [2.45, 2.75) is 6.42 Å². The van der Waals surface area contributed by atoms with Crippen molar-refractivity contribution in [3.63, 3.8) is 0 Å². The van der Waals surface area contributed by atoms with Crippen LogP contribution in [-0.4, -0.2) is 25.8 Å². The molecule has 40 valence electrons. The highest BCUT2D eigenvalue weighted by Gasteiger charge is 1.80. The Morgan fingerprint density at radius 1 is 1.86 bits per heavy atom. The third kappa shape index (κ3) is 5.88. The van der Waals surface area contributed by atoms with Crippen LogP contribution in [-0.2, 0) is 0 Å².